The van der Waals surface area contributed by atoms with Gasteiger partial charge in [-0.2, -0.15) is 0 Å². The van der Waals surface area contributed by atoms with Gasteiger partial charge in [-0.15, -0.1) is 0 Å². The number of Topliss-reactive ketones (excluding diaryl/α,β-unsaturated/α-hetero) is 1. The lowest BCUT2D eigenvalue weighted by atomic mass is 9.83. The number of likely N-dealkylation sites (tertiary alicyclic amines) is 2. The lowest BCUT2D eigenvalue weighted by Gasteiger charge is -2.48. The molecule has 2 heterocycles. The summed E-state index contributed by atoms with van der Waals surface area (Å²) in [6.07, 6.45) is 22.9. The van der Waals surface area contributed by atoms with Gasteiger partial charge in [-0.25, -0.2) is 4.39 Å². The van der Waals surface area contributed by atoms with Gasteiger partial charge in [0.05, 0.1) is 0 Å². The van der Waals surface area contributed by atoms with Crippen molar-refractivity contribution in [2.75, 3.05) is 32.7 Å². The van der Waals surface area contributed by atoms with Gasteiger partial charge in [-0.1, -0.05) is 90.4 Å². The third kappa shape index (κ3) is 12.7. The molecular formula is C37H60FN3O3. The van der Waals surface area contributed by atoms with Crippen molar-refractivity contribution in [1.29, 1.82) is 0 Å². The molecule has 2 amide bonds. The summed E-state index contributed by atoms with van der Waals surface area (Å²) in [7, 11) is 0. The van der Waals surface area contributed by atoms with Crippen molar-refractivity contribution in [3.63, 3.8) is 0 Å². The largest absolute Gasteiger partial charge is 0.303 e. The van der Waals surface area contributed by atoms with Crippen LogP contribution in [0.5, 0.6) is 0 Å². The van der Waals surface area contributed by atoms with E-state index in [4.69, 9.17) is 0 Å². The third-order valence-electron chi connectivity index (χ3n) is 9.87. The summed E-state index contributed by atoms with van der Waals surface area (Å²) in [4.78, 5) is 43.7. The predicted octanol–water partition coefficient (Wildman–Crippen LogP) is 8.23. The van der Waals surface area contributed by atoms with Crippen molar-refractivity contribution in [2.24, 2.45) is 0 Å². The van der Waals surface area contributed by atoms with Gasteiger partial charge in [-0.05, 0) is 82.4 Å². The quantitative estimate of drug-likeness (QED) is 0.112. The van der Waals surface area contributed by atoms with E-state index in [0.717, 1.165) is 64.8 Å². The number of halogens is 1. The molecule has 2 aliphatic heterocycles. The van der Waals surface area contributed by atoms with E-state index in [2.05, 4.69) is 22.0 Å². The van der Waals surface area contributed by atoms with Crippen LogP contribution < -0.4 is 5.32 Å². The number of unbranched alkanes of at least 4 members (excludes halogenated alkanes) is 12. The number of benzene rings is 1. The van der Waals surface area contributed by atoms with Gasteiger partial charge in [0.25, 0.3) is 0 Å². The SMILES string of the molecule is CCCCCCCCCCCCCCCC(=O)NC(=O)C1(N2CCCCC2)CCN(CCCC(=O)c2ccc(F)cc2)CC1. The Labute approximate surface area is 266 Å². The molecule has 248 valence electrons. The van der Waals surface area contributed by atoms with E-state index in [0.29, 0.717) is 31.2 Å². The fourth-order valence-electron chi connectivity index (χ4n) is 7.01. The molecule has 1 N–H and O–H groups in total. The molecule has 0 saturated carbocycles. The number of carbonyl (C=O) groups excluding carboxylic acids is 3. The molecular weight excluding hydrogens is 553 g/mol. The molecule has 0 aromatic heterocycles. The number of amides is 2. The van der Waals surface area contributed by atoms with E-state index in [-0.39, 0.29) is 23.4 Å². The molecule has 0 spiro atoms. The topological polar surface area (TPSA) is 69.7 Å². The van der Waals surface area contributed by atoms with Crippen LogP contribution in [0.25, 0.3) is 0 Å². The fraction of sp³-hybridized carbons (Fsp3) is 0.757. The number of piperidine rings is 2. The average Bonchev–Trinajstić information content (AvgIpc) is 3.04. The lowest BCUT2D eigenvalue weighted by molar-refractivity contribution is -0.142. The first-order valence-corrected chi connectivity index (χ1v) is 18.0. The van der Waals surface area contributed by atoms with Crippen molar-refractivity contribution in [3.8, 4) is 0 Å². The number of nitrogens with one attached hydrogen (secondary N) is 1. The highest BCUT2D eigenvalue weighted by molar-refractivity contribution is 6.00. The summed E-state index contributed by atoms with van der Waals surface area (Å²) in [5.74, 6) is -0.537. The van der Waals surface area contributed by atoms with Crippen molar-refractivity contribution in [3.05, 3.63) is 35.6 Å². The lowest BCUT2D eigenvalue weighted by Crippen LogP contribution is -2.64. The van der Waals surface area contributed by atoms with Gasteiger partial charge in [0.15, 0.2) is 5.78 Å². The van der Waals surface area contributed by atoms with Crippen LogP contribution in [0.3, 0.4) is 0 Å². The second kappa shape index (κ2) is 20.8. The Morgan fingerprint density at radius 2 is 1.25 bits per heavy atom. The maximum atomic E-state index is 13.7. The maximum Gasteiger partial charge on any atom is 0.247 e. The smallest absolute Gasteiger partial charge is 0.247 e. The minimum atomic E-state index is -0.619. The molecule has 0 atom stereocenters. The number of hydrogen-bond acceptors (Lipinski definition) is 5. The second-order valence-corrected chi connectivity index (χ2v) is 13.3. The third-order valence-corrected chi connectivity index (χ3v) is 9.87. The van der Waals surface area contributed by atoms with Gasteiger partial charge in [0.1, 0.15) is 11.4 Å². The van der Waals surface area contributed by atoms with E-state index in [1.165, 1.54) is 89.2 Å². The van der Waals surface area contributed by atoms with E-state index in [1.807, 2.05) is 0 Å². The van der Waals surface area contributed by atoms with Gasteiger partial charge in [0.2, 0.25) is 11.8 Å². The van der Waals surface area contributed by atoms with Crippen molar-refractivity contribution >= 4 is 17.6 Å². The Morgan fingerprint density at radius 3 is 1.82 bits per heavy atom. The zero-order valence-electron chi connectivity index (χ0n) is 27.7. The highest BCUT2D eigenvalue weighted by atomic mass is 19.1. The average molecular weight is 614 g/mol. The molecule has 0 bridgehead atoms. The Balaban J connectivity index is 1.33. The number of carbonyl (C=O) groups is 3. The van der Waals surface area contributed by atoms with E-state index >= 15 is 0 Å². The van der Waals surface area contributed by atoms with Crippen molar-refractivity contribution in [2.45, 2.75) is 147 Å². The minimum absolute atomic E-state index is 0.0334. The van der Waals surface area contributed by atoms with Crippen LogP contribution in [0.15, 0.2) is 24.3 Å². The van der Waals surface area contributed by atoms with Gasteiger partial charge >= 0.3 is 0 Å². The first kappa shape index (κ1) is 36.3. The summed E-state index contributed by atoms with van der Waals surface area (Å²) in [6.45, 7) is 6.43. The molecule has 0 unspecified atom stereocenters. The minimum Gasteiger partial charge on any atom is -0.303 e. The summed E-state index contributed by atoms with van der Waals surface area (Å²) in [6, 6.07) is 5.74. The first-order chi connectivity index (χ1) is 21.4. The molecule has 1 aromatic rings. The number of hydrogen-bond donors (Lipinski definition) is 1. The van der Waals surface area contributed by atoms with E-state index < -0.39 is 5.54 Å². The van der Waals surface area contributed by atoms with Gasteiger partial charge in [-0.3, -0.25) is 24.6 Å². The van der Waals surface area contributed by atoms with Crippen LogP contribution in [0, 0.1) is 5.82 Å². The summed E-state index contributed by atoms with van der Waals surface area (Å²) < 4.78 is 13.2. The van der Waals surface area contributed by atoms with Gasteiger partial charge in [0, 0.05) is 31.5 Å². The predicted molar refractivity (Wildman–Crippen MR) is 177 cm³/mol. The van der Waals surface area contributed by atoms with Crippen LogP contribution in [0.2, 0.25) is 0 Å². The molecule has 1 aromatic carbocycles. The van der Waals surface area contributed by atoms with Crippen LogP contribution in [-0.4, -0.2) is 65.7 Å². The summed E-state index contributed by atoms with van der Waals surface area (Å²) in [5.41, 5.74) is -0.0683. The number of ketones is 1. The first-order valence-electron chi connectivity index (χ1n) is 18.0. The van der Waals surface area contributed by atoms with Crippen LogP contribution in [0.4, 0.5) is 4.39 Å². The van der Waals surface area contributed by atoms with Crippen LogP contribution in [0.1, 0.15) is 152 Å². The summed E-state index contributed by atoms with van der Waals surface area (Å²) >= 11 is 0. The van der Waals surface area contributed by atoms with Crippen LogP contribution in [-0.2, 0) is 9.59 Å². The van der Waals surface area contributed by atoms with E-state index in [9.17, 15) is 18.8 Å². The Hall–Kier alpha value is -2.12. The van der Waals surface area contributed by atoms with E-state index in [1.54, 1.807) is 12.1 Å². The fourth-order valence-corrected chi connectivity index (χ4v) is 7.01. The second-order valence-electron chi connectivity index (χ2n) is 13.3. The van der Waals surface area contributed by atoms with Crippen molar-refractivity contribution in [1.82, 2.24) is 15.1 Å². The monoisotopic (exact) mass is 613 g/mol. The molecule has 2 saturated heterocycles. The van der Waals surface area contributed by atoms with Crippen LogP contribution >= 0.6 is 0 Å². The molecule has 0 aliphatic carbocycles. The molecule has 6 nitrogen and oxygen atoms in total. The zero-order valence-corrected chi connectivity index (χ0v) is 27.7. The standard InChI is InChI=1S/C37H60FN3O3/c1-2-3-4-5-6-7-8-9-10-11-12-13-15-20-35(43)39-36(44)37(41-28-16-14-17-29-41)25-30-40(31-26-37)27-18-19-34(42)32-21-23-33(38)24-22-32/h21-24H,2-20,25-31H2,1H3,(H,39,43,44). The Bertz CT molecular complexity index is 969. The molecule has 3 rings (SSSR count). The normalized spacial score (nSPS) is 17.4. The molecule has 0 radical (unpaired) electrons. The number of imide groups is 1. The maximum absolute atomic E-state index is 13.7. The zero-order chi connectivity index (χ0) is 31.5. The van der Waals surface area contributed by atoms with Crippen molar-refractivity contribution < 1.29 is 18.8 Å². The molecule has 2 aliphatic rings. The molecule has 44 heavy (non-hydrogen) atoms. The highest BCUT2D eigenvalue weighted by Crippen LogP contribution is 2.32. The number of nitrogens with zero attached hydrogens (tertiary/aromatic N) is 2. The van der Waals surface area contributed by atoms with Gasteiger partial charge < -0.3 is 4.90 Å². The molecule has 7 heteroatoms. The highest BCUT2D eigenvalue weighted by Gasteiger charge is 2.46. The number of rotatable bonds is 21. The molecule has 2 fully saturated rings. The Kier molecular flexibility index (Phi) is 17.2. The Morgan fingerprint density at radius 1 is 0.705 bits per heavy atom. The summed E-state index contributed by atoms with van der Waals surface area (Å²) in [5, 5.41) is 2.82.